The minimum absolute atomic E-state index is 0.0906. The molecule has 0 aliphatic rings. The van der Waals surface area contributed by atoms with E-state index in [1.54, 1.807) is 54.6 Å². The fourth-order valence-corrected chi connectivity index (χ4v) is 5.49. The third-order valence-corrected chi connectivity index (χ3v) is 8.14. The van der Waals surface area contributed by atoms with Gasteiger partial charge >= 0.3 is 6.18 Å². The summed E-state index contributed by atoms with van der Waals surface area (Å²) in [5, 5.41) is 2.99. The van der Waals surface area contributed by atoms with Crippen LogP contribution in [0.25, 0.3) is 0 Å². The average Bonchev–Trinajstić information content (AvgIpc) is 2.93. The van der Waals surface area contributed by atoms with Gasteiger partial charge in [-0.1, -0.05) is 79.5 Å². The predicted octanol–water partition coefficient (Wildman–Crippen LogP) is 6.19. The number of hydrogen-bond donors (Lipinski definition) is 1. The lowest BCUT2D eigenvalue weighted by Gasteiger charge is -2.34. The van der Waals surface area contributed by atoms with Crippen LogP contribution < -0.4 is 9.62 Å². The van der Waals surface area contributed by atoms with E-state index in [1.807, 2.05) is 13.8 Å². The van der Waals surface area contributed by atoms with Crippen LogP contribution in [0.4, 0.5) is 18.9 Å². The van der Waals surface area contributed by atoms with Crippen LogP contribution >= 0.6 is 23.2 Å². The maximum atomic E-state index is 14.1. The summed E-state index contributed by atoms with van der Waals surface area (Å²) >= 11 is 12.2. The van der Waals surface area contributed by atoms with Crippen LogP contribution in [0, 0.1) is 5.92 Å². The molecule has 3 aromatic rings. The summed E-state index contributed by atoms with van der Waals surface area (Å²) in [6.45, 7) is 3.12. The van der Waals surface area contributed by atoms with E-state index in [-0.39, 0.29) is 23.9 Å². The number of rotatable bonds is 12. The van der Waals surface area contributed by atoms with Crippen molar-refractivity contribution in [1.82, 2.24) is 10.2 Å². The zero-order valence-corrected chi connectivity index (χ0v) is 26.1. The zero-order valence-electron chi connectivity index (χ0n) is 23.7. The number of anilines is 1. The van der Waals surface area contributed by atoms with E-state index in [4.69, 9.17) is 23.2 Å². The lowest BCUT2D eigenvalue weighted by Crippen LogP contribution is -2.53. The molecule has 13 heteroatoms. The molecule has 0 saturated heterocycles. The number of sulfonamides is 1. The molecule has 0 fully saturated rings. The lowest BCUT2D eigenvalue weighted by atomic mass is 10.0. The smallest absolute Gasteiger partial charge is 0.354 e. The summed E-state index contributed by atoms with van der Waals surface area (Å²) in [7, 11) is -4.32. The van der Waals surface area contributed by atoms with Crippen molar-refractivity contribution in [3.05, 3.63) is 99.5 Å². The molecule has 0 aliphatic carbocycles. The van der Waals surface area contributed by atoms with E-state index in [9.17, 15) is 31.2 Å². The summed E-state index contributed by atoms with van der Waals surface area (Å²) < 4.78 is 66.8. The number of nitrogens with one attached hydrogen (secondary N) is 1. The maximum absolute atomic E-state index is 14.1. The Kier molecular flexibility index (Phi) is 11.5. The van der Waals surface area contributed by atoms with Gasteiger partial charge in [-0.25, -0.2) is 8.42 Å². The van der Waals surface area contributed by atoms with Gasteiger partial charge in [-0.15, -0.1) is 0 Å². The van der Waals surface area contributed by atoms with Gasteiger partial charge in [-0.05, 0) is 47.4 Å². The van der Waals surface area contributed by atoms with Crippen LogP contribution in [0.5, 0.6) is 0 Å². The van der Waals surface area contributed by atoms with Crippen molar-refractivity contribution in [2.75, 3.05) is 23.7 Å². The SMILES string of the molecule is CC(C)CNC(=O)[C@@H](Cc1ccccc1)N(Cc1ccc(Cl)cc1)C(=O)CN(c1cc(C(F)(F)F)ccc1Cl)S(C)(=O)=O. The van der Waals surface area contributed by atoms with Crippen LogP contribution in [0.3, 0.4) is 0 Å². The van der Waals surface area contributed by atoms with Crippen molar-refractivity contribution < 1.29 is 31.2 Å². The number of amides is 2. The van der Waals surface area contributed by atoms with Crippen molar-refractivity contribution >= 4 is 50.7 Å². The Bertz CT molecular complexity index is 1520. The number of benzene rings is 3. The molecule has 7 nitrogen and oxygen atoms in total. The second-order valence-corrected chi connectivity index (χ2v) is 13.2. The van der Waals surface area contributed by atoms with Crippen LogP contribution in [0.15, 0.2) is 72.8 Å². The van der Waals surface area contributed by atoms with Crippen LogP contribution in [-0.4, -0.2) is 50.5 Å². The largest absolute Gasteiger partial charge is 0.416 e. The van der Waals surface area contributed by atoms with Gasteiger partial charge in [0.05, 0.1) is 22.5 Å². The number of hydrogen-bond acceptors (Lipinski definition) is 4. The molecule has 0 radical (unpaired) electrons. The maximum Gasteiger partial charge on any atom is 0.416 e. The number of halogens is 5. The Hall–Kier alpha value is -3.28. The van der Waals surface area contributed by atoms with Crippen LogP contribution in [0.2, 0.25) is 10.0 Å². The molecule has 232 valence electrons. The normalized spacial score (nSPS) is 12.6. The van der Waals surface area contributed by atoms with Gasteiger partial charge in [0, 0.05) is 24.5 Å². The molecule has 0 spiro atoms. The molecule has 0 saturated carbocycles. The highest BCUT2D eigenvalue weighted by molar-refractivity contribution is 7.92. The number of alkyl halides is 3. The molecule has 1 atom stereocenters. The summed E-state index contributed by atoms with van der Waals surface area (Å²) in [4.78, 5) is 28.9. The van der Waals surface area contributed by atoms with Crippen molar-refractivity contribution in [3.8, 4) is 0 Å². The summed E-state index contributed by atoms with van der Waals surface area (Å²) in [5.41, 5.74) is -0.318. The third-order valence-electron chi connectivity index (χ3n) is 6.44. The van der Waals surface area contributed by atoms with E-state index >= 15 is 0 Å². The Morgan fingerprint density at radius 3 is 2.12 bits per heavy atom. The van der Waals surface area contributed by atoms with E-state index in [2.05, 4.69) is 5.32 Å². The highest BCUT2D eigenvalue weighted by Gasteiger charge is 2.36. The molecule has 1 N–H and O–H groups in total. The molecule has 3 aromatic carbocycles. The van der Waals surface area contributed by atoms with Gasteiger partial charge in [0.1, 0.15) is 12.6 Å². The van der Waals surface area contributed by atoms with Crippen molar-refractivity contribution in [1.29, 1.82) is 0 Å². The molecule has 43 heavy (non-hydrogen) atoms. The average molecular weight is 659 g/mol. The van der Waals surface area contributed by atoms with Gasteiger partial charge in [0.25, 0.3) is 0 Å². The van der Waals surface area contributed by atoms with Crippen LogP contribution in [0.1, 0.15) is 30.5 Å². The number of carbonyl (C=O) groups is 2. The molecule has 3 rings (SSSR count). The highest BCUT2D eigenvalue weighted by atomic mass is 35.5. The second kappa shape index (κ2) is 14.5. The van der Waals surface area contributed by atoms with E-state index in [0.717, 1.165) is 24.0 Å². The fourth-order valence-electron chi connectivity index (χ4n) is 4.24. The monoisotopic (exact) mass is 657 g/mol. The van der Waals surface area contributed by atoms with Gasteiger partial charge in [-0.3, -0.25) is 13.9 Å². The highest BCUT2D eigenvalue weighted by Crippen LogP contribution is 2.36. The molecule has 0 aliphatic heterocycles. The van der Waals surface area contributed by atoms with Gasteiger partial charge in [0.15, 0.2) is 0 Å². The van der Waals surface area contributed by atoms with Gasteiger partial charge < -0.3 is 10.2 Å². The van der Waals surface area contributed by atoms with Crippen molar-refractivity contribution in [3.63, 3.8) is 0 Å². The first-order valence-corrected chi connectivity index (χ1v) is 15.9. The quantitative estimate of drug-likeness (QED) is 0.252. The fraction of sp³-hybridized carbons (Fsp3) is 0.333. The first-order valence-electron chi connectivity index (χ1n) is 13.3. The predicted molar refractivity (Wildman–Crippen MR) is 162 cm³/mol. The van der Waals surface area contributed by atoms with Crippen molar-refractivity contribution in [2.45, 2.75) is 39.0 Å². The Labute approximate surface area is 259 Å². The molecule has 0 aromatic heterocycles. The summed E-state index contributed by atoms with van der Waals surface area (Å²) in [5.74, 6) is -1.19. The number of nitrogens with zero attached hydrogens (tertiary/aromatic N) is 2. The van der Waals surface area contributed by atoms with Gasteiger partial charge in [-0.2, -0.15) is 13.2 Å². The first-order chi connectivity index (χ1) is 20.1. The van der Waals surface area contributed by atoms with E-state index < -0.39 is 51.9 Å². The summed E-state index contributed by atoms with van der Waals surface area (Å²) in [6, 6.07) is 16.6. The lowest BCUT2D eigenvalue weighted by molar-refractivity contribution is -0.140. The number of carbonyl (C=O) groups excluding carboxylic acids is 2. The minimum atomic E-state index is -4.79. The Morgan fingerprint density at radius 2 is 1.56 bits per heavy atom. The Morgan fingerprint density at radius 1 is 0.930 bits per heavy atom. The zero-order chi connectivity index (χ0) is 31.9. The molecule has 0 bridgehead atoms. The molecular formula is C30H32Cl2F3N3O4S. The molecule has 0 heterocycles. The minimum Gasteiger partial charge on any atom is -0.354 e. The topological polar surface area (TPSA) is 86.8 Å². The third kappa shape index (κ3) is 9.87. The standard InChI is InChI=1S/C30H32Cl2F3N3O4S/c1-20(2)17-36-29(40)27(15-21-7-5-4-6-8-21)37(18-22-9-12-24(31)13-10-22)28(39)19-38(43(3,41)42)26-16-23(30(33,34)35)11-14-25(26)32/h4-14,16,20,27H,15,17-19H2,1-3H3,(H,36,40)/t27-/m1/s1. The summed E-state index contributed by atoms with van der Waals surface area (Å²) in [6.07, 6.45) is -3.94. The van der Waals surface area contributed by atoms with E-state index in [0.29, 0.717) is 27.5 Å². The van der Waals surface area contributed by atoms with E-state index in [1.165, 1.54) is 4.90 Å². The van der Waals surface area contributed by atoms with Crippen molar-refractivity contribution in [2.24, 2.45) is 5.92 Å². The van der Waals surface area contributed by atoms with Crippen LogP contribution in [-0.2, 0) is 38.8 Å². The second-order valence-electron chi connectivity index (χ2n) is 10.4. The Balaban J connectivity index is 2.10. The van der Waals surface area contributed by atoms with Gasteiger partial charge in [0.2, 0.25) is 21.8 Å². The molecule has 0 unspecified atom stereocenters. The molecular weight excluding hydrogens is 626 g/mol. The molecule has 2 amide bonds. The first kappa shape index (κ1) is 34.2.